The molecule has 150 valence electrons. The van der Waals surface area contributed by atoms with Gasteiger partial charge in [0, 0.05) is 6.54 Å². The van der Waals surface area contributed by atoms with Gasteiger partial charge in [-0.3, -0.25) is 4.79 Å². The minimum absolute atomic E-state index is 0.119. The van der Waals surface area contributed by atoms with Gasteiger partial charge in [0.05, 0.1) is 25.2 Å². The van der Waals surface area contributed by atoms with Crippen molar-refractivity contribution in [3.8, 4) is 0 Å². The van der Waals surface area contributed by atoms with Crippen LogP contribution >= 0.6 is 0 Å². The van der Waals surface area contributed by atoms with Gasteiger partial charge in [-0.15, -0.1) is 0 Å². The predicted octanol–water partition coefficient (Wildman–Crippen LogP) is 3.34. The Morgan fingerprint density at radius 3 is 2.29 bits per heavy atom. The zero-order valence-electron chi connectivity index (χ0n) is 16.7. The zero-order chi connectivity index (χ0) is 20.5. The third-order valence-electron chi connectivity index (χ3n) is 4.37. The number of urea groups is 1. The monoisotopic (exact) mass is 383 g/mol. The fraction of sp³-hybridized carbons (Fsp3) is 0.364. The Hall–Kier alpha value is -2.86. The van der Waals surface area contributed by atoms with Crippen molar-refractivity contribution in [1.29, 1.82) is 0 Å². The lowest BCUT2D eigenvalue weighted by Gasteiger charge is -2.19. The second kappa shape index (κ2) is 10.5. The van der Waals surface area contributed by atoms with Crippen LogP contribution in [0.2, 0.25) is 0 Å². The smallest absolute Gasteiger partial charge is 0.312 e. The Morgan fingerprint density at radius 2 is 1.68 bits per heavy atom. The molecule has 0 aliphatic carbocycles. The summed E-state index contributed by atoms with van der Waals surface area (Å²) < 4.78 is 5.58. The third-order valence-corrected chi connectivity index (χ3v) is 4.37. The van der Waals surface area contributed by atoms with E-state index in [9.17, 15) is 9.59 Å². The van der Waals surface area contributed by atoms with Gasteiger partial charge in [0.15, 0.2) is 0 Å². The summed E-state index contributed by atoms with van der Waals surface area (Å²) in [5.74, 6) is -0.158. The standard InChI is InChI=1S/C22H29N3O3/c1-15(2)28-14-18-10-8-17(9-11-18)13-24-21(26)12-20(25-22(23)27)19-7-5-4-6-16(19)3/h4-11,15,20H,12-14H2,1-3H3,(H,24,26)(H3,23,25,27). The van der Waals surface area contributed by atoms with Crippen LogP contribution in [0.15, 0.2) is 48.5 Å². The van der Waals surface area contributed by atoms with Crippen molar-refractivity contribution in [2.45, 2.75) is 52.5 Å². The number of rotatable bonds is 9. The summed E-state index contributed by atoms with van der Waals surface area (Å²) in [5, 5.41) is 5.56. The molecule has 0 aromatic heterocycles. The van der Waals surface area contributed by atoms with Gasteiger partial charge < -0.3 is 21.1 Å². The van der Waals surface area contributed by atoms with E-state index in [4.69, 9.17) is 10.5 Å². The Balaban J connectivity index is 1.92. The Bertz CT molecular complexity index is 788. The first-order chi connectivity index (χ1) is 13.3. The number of carbonyl (C=O) groups is 2. The van der Waals surface area contributed by atoms with Crippen LogP contribution in [0.3, 0.4) is 0 Å². The molecular weight excluding hydrogens is 354 g/mol. The summed E-state index contributed by atoms with van der Waals surface area (Å²) in [5.41, 5.74) is 9.25. The van der Waals surface area contributed by atoms with Crippen molar-refractivity contribution < 1.29 is 14.3 Å². The quantitative estimate of drug-likeness (QED) is 0.620. The van der Waals surface area contributed by atoms with Crippen LogP contribution in [-0.4, -0.2) is 18.0 Å². The predicted molar refractivity (Wildman–Crippen MR) is 109 cm³/mol. The van der Waals surface area contributed by atoms with E-state index in [-0.39, 0.29) is 18.4 Å². The minimum atomic E-state index is -0.653. The molecule has 0 spiro atoms. The van der Waals surface area contributed by atoms with E-state index in [2.05, 4.69) is 10.6 Å². The van der Waals surface area contributed by atoms with Crippen molar-refractivity contribution in [1.82, 2.24) is 10.6 Å². The second-order valence-electron chi connectivity index (χ2n) is 7.07. The van der Waals surface area contributed by atoms with Gasteiger partial charge >= 0.3 is 6.03 Å². The minimum Gasteiger partial charge on any atom is -0.374 e. The molecule has 0 saturated carbocycles. The van der Waals surface area contributed by atoms with Crippen LogP contribution in [0.4, 0.5) is 4.79 Å². The van der Waals surface area contributed by atoms with Gasteiger partial charge in [0.25, 0.3) is 0 Å². The molecule has 1 atom stereocenters. The van der Waals surface area contributed by atoms with Gasteiger partial charge in [-0.05, 0) is 43.0 Å². The number of nitrogens with one attached hydrogen (secondary N) is 2. The van der Waals surface area contributed by atoms with Crippen LogP contribution in [-0.2, 0) is 22.7 Å². The van der Waals surface area contributed by atoms with E-state index in [1.54, 1.807) is 0 Å². The fourth-order valence-electron chi connectivity index (χ4n) is 2.86. The molecule has 0 bridgehead atoms. The molecular formula is C22H29N3O3. The van der Waals surface area contributed by atoms with Crippen molar-refractivity contribution >= 4 is 11.9 Å². The third kappa shape index (κ3) is 7.04. The van der Waals surface area contributed by atoms with Crippen LogP contribution < -0.4 is 16.4 Å². The lowest BCUT2D eigenvalue weighted by Crippen LogP contribution is -2.36. The number of hydrogen-bond donors (Lipinski definition) is 3. The molecule has 0 heterocycles. The van der Waals surface area contributed by atoms with Crippen molar-refractivity contribution in [2.24, 2.45) is 5.73 Å². The number of hydrogen-bond acceptors (Lipinski definition) is 3. The summed E-state index contributed by atoms with van der Waals surface area (Å²) in [7, 11) is 0. The van der Waals surface area contributed by atoms with E-state index in [0.29, 0.717) is 13.2 Å². The summed E-state index contributed by atoms with van der Waals surface area (Å²) in [6.07, 6.45) is 0.308. The molecule has 2 aromatic carbocycles. The Kier molecular flexibility index (Phi) is 8.02. The van der Waals surface area contributed by atoms with Crippen molar-refractivity contribution in [3.05, 3.63) is 70.8 Å². The van der Waals surface area contributed by atoms with Crippen molar-refractivity contribution in [2.75, 3.05) is 0 Å². The molecule has 2 rings (SSSR count). The summed E-state index contributed by atoms with van der Waals surface area (Å²) >= 11 is 0. The highest BCUT2D eigenvalue weighted by atomic mass is 16.5. The van der Waals surface area contributed by atoms with E-state index in [0.717, 1.165) is 22.3 Å². The highest BCUT2D eigenvalue weighted by molar-refractivity contribution is 5.78. The summed E-state index contributed by atoms with van der Waals surface area (Å²) in [6.45, 7) is 6.93. The summed E-state index contributed by atoms with van der Waals surface area (Å²) in [6, 6.07) is 14.4. The van der Waals surface area contributed by atoms with Gasteiger partial charge in [-0.25, -0.2) is 4.79 Å². The lowest BCUT2D eigenvalue weighted by atomic mass is 9.98. The average molecular weight is 383 g/mol. The fourth-order valence-corrected chi connectivity index (χ4v) is 2.86. The first-order valence-electron chi connectivity index (χ1n) is 9.42. The molecule has 28 heavy (non-hydrogen) atoms. The maximum absolute atomic E-state index is 12.4. The molecule has 6 nitrogen and oxygen atoms in total. The average Bonchev–Trinajstić information content (AvgIpc) is 2.65. The zero-order valence-corrected chi connectivity index (χ0v) is 16.7. The first-order valence-corrected chi connectivity index (χ1v) is 9.42. The molecule has 4 N–H and O–H groups in total. The van der Waals surface area contributed by atoms with E-state index in [1.807, 2.05) is 69.3 Å². The van der Waals surface area contributed by atoms with Gasteiger partial charge in [-0.1, -0.05) is 48.5 Å². The molecule has 1 unspecified atom stereocenters. The number of primary amides is 1. The molecule has 0 aliphatic heterocycles. The lowest BCUT2D eigenvalue weighted by molar-refractivity contribution is -0.121. The van der Waals surface area contributed by atoms with E-state index >= 15 is 0 Å². The summed E-state index contributed by atoms with van der Waals surface area (Å²) in [4.78, 5) is 23.8. The SMILES string of the molecule is Cc1ccccc1C(CC(=O)NCc1ccc(COC(C)C)cc1)NC(N)=O. The molecule has 2 aromatic rings. The molecule has 0 radical (unpaired) electrons. The Labute approximate surface area is 166 Å². The van der Waals surface area contributed by atoms with Crippen LogP contribution in [0.1, 0.15) is 48.6 Å². The first kappa shape index (κ1) is 21.4. The molecule has 0 saturated heterocycles. The maximum Gasteiger partial charge on any atom is 0.312 e. The second-order valence-corrected chi connectivity index (χ2v) is 7.07. The molecule has 0 aliphatic rings. The number of carbonyl (C=O) groups excluding carboxylic acids is 2. The molecule has 6 heteroatoms. The van der Waals surface area contributed by atoms with Gasteiger partial charge in [0.2, 0.25) is 5.91 Å². The molecule has 0 fully saturated rings. The number of nitrogens with two attached hydrogens (primary N) is 1. The number of amides is 3. The van der Waals surface area contributed by atoms with E-state index in [1.165, 1.54) is 0 Å². The largest absolute Gasteiger partial charge is 0.374 e. The normalized spacial score (nSPS) is 11.9. The number of ether oxygens (including phenoxy) is 1. The van der Waals surface area contributed by atoms with Crippen LogP contribution in [0.5, 0.6) is 0 Å². The van der Waals surface area contributed by atoms with Gasteiger partial charge in [-0.2, -0.15) is 0 Å². The van der Waals surface area contributed by atoms with E-state index < -0.39 is 12.1 Å². The number of benzene rings is 2. The molecule has 3 amide bonds. The van der Waals surface area contributed by atoms with Crippen molar-refractivity contribution in [3.63, 3.8) is 0 Å². The Morgan fingerprint density at radius 1 is 1.04 bits per heavy atom. The maximum atomic E-state index is 12.4. The van der Waals surface area contributed by atoms with Crippen LogP contribution in [0.25, 0.3) is 0 Å². The van der Waals surface area contributed by atoms with Gasteiger partial charge in [0.1, 0.15) is 0 Å². The number of aryl methyl sites for hydroxylation is 1. The highest BCUT2D eigenvalue weighted by Gasteiger charge is 2.18. The highest BCUT2D eigenvalue weighted by Crippen LogP contribution is 2.20. The van der Waals surface area contributed by atoms with Crippen LogP contribution in [0, 0.1) is 6.92 Å². The topological polar surface area (TPSA) is 93.4 Å².